The largest absolute Gasteiger partial charge is 0.312 e. The van der Waals surface area contributed by atoms with E-state index in [1.165, 1.54) is 6.92 Å². The van der Waals surface area contributed by atoms with E-state index in [1.807, 2.05) is 13.8 Å². The fourth-order valence-corrected chi connectivity index (χ4v) is 4.02. The van der Waals surface area contributed by atoms with Crippen molar-refractivity contribution in [1.82, 2.24) is 0 Å². The molecule has 1 amide bonds. The van der Waals surface area contributed by atoms with Gasteiger partial charge in [0.05, 0.1) is 4.90 Å². The number of sulfonamides is 1. The summed E-state index contributed by atoms with van der Waals surface area (Å²) in [6, 6.07) is 10.4. The zero-order valence-electron chi connectivity index (χ0n) is 14.0. The monoisotopic (exact) mass is 344 g/mol. The summed E-state index contributed by atoms with van der Waals surface area (Å²) in [5.41, 5.74) is 4.33. The van der Waals surface area contributed by atoms with Crippen molar-refractivity contribution in [3.8, 4) is 0 Å². The number of carbonyl (C=O) groups is 1. The second kappa shape index (κ2) is 5.94. The Hall–Kier alpha value is -2.34. The van der Waals surface area contributed by atoms with Crippen LogP contribution in [0.25, 0.3) is 0 Å². The van der Waals surface area contributed by atoms with Crippen molar-refractivity contribution in [2.75, 3.05) is 16.2 Å². The van der Waals surface area contributed by atoms with Gasteiger partial charge in [-0.05, 0) is 67.3 Å². The molecule has 24 heavy (non-hydrogen) atoms. The lowest BCUT2D eigenvalue weighted by Gasteiger charge is -2.15. The topological polar surface area (TPSA) is 66.5 Å². The van der Waals surface area contributed by atoms with E-state index in [0.717, 1.165) is 28.8 Å². The van der Waals surface area contributed by atoms with Crippen LogP contribution >= 0.6 is 0 Å². The van der Waals surface area contributed by atoms with Crippen LogP contribution in [0.2, 0.25) is 0 Å². The van der Waals surface area contributed by atoms with Crippen LogP contribution in [0.5, 0.6) is 0 Å². The molecule has 0 spiro atoms. The molecule has 2 aromatic rings. The number of nitrogens with zero attached hydrogens (tertiary/aromatic N) is 1. The SMILES string of the molecule is CC(=O)N1CCc2cc(NS(=O)(=O)c3ccc(C)c(C)c3)ccc21. The fraction of sp³-hybridized carbons (Fsp3) is 0.278. The number of rotatable bonds is 3. The van der Waals surface area contributed by atoms with Crippen molar-refractivity contribution in [1.29, 1.82) is 0 Å². The zero-order valence-corrected chi connectivity index (χ0v) is 14.8. The average molecular weight is 344 g/mol. The first-order valence-electron chi connectivity index (χ1n) is 7.79. The van der Waals surface area contributed by atoms with Gasteiger partial charge in [0.2, 0.25) is 5.91 Å². The molecular formula is C18H20N2O3S. The Labute approximate surface area is 142 Å². The molecule has 0 atom stereocenters. The van der Waals surface area contributed by atoms with Crippen LogP contribution in [-0.2, 0) is 21.2 Å². The van der Waals surface area contributed by atoms with E-state index in [-0.39, 0.29) is 10.8 Å². The lowest BCUT2D eigenvalue weighted by Crippen LogP contribution is -2.25. The first-order valence-corrected chi connectivity index (χ1v) is 9.27. The molecule has 3 rings (SSSR count). The van der Waals surface area contributed by atoms with Crippen molar-refractivity contribution in [3.63, 3.8) is 0 Å². The quantitative estimate of drug-likeness (QED) is 0.931. The maximum atomic E-state index is 12.6. The van der Waals surface area contributed by atoms with Gasteiger partial charge in [0, 0.05) is 24.8 Å². The number of nitrogens with one attached hydrogen (secondary N) is 1. The van der Waals surface area contributed by atoms with E-state index >= 15 is 0 Å². The van der Waals surface area contributed by atoms with Crippen LogP contribution in [0.15, 0.2) is 41.3 Å². The molecule has 0 fully saturated rings. The fourth-order valence-electron chi connectivity index (χ4n) is 2.89. The molecule has 1 aliphatic heterocycles. The molecular weight excluding hydrogens is 324 g/mol. The Morgan fingerprint density at radius 2 is 1.83 bits per heavy atom. The van der Waals surface area contributed by atoms with Crippen LogP contribution in [0.1, 0.15) is 23.6 Å². The maximum absolute atomic E-state index is 12.6. The summed E-state index contributed by atoms with van der Waals surface area (Å²) in [6.45, 7) is 6.00. The molecule has 1 heterocycles. The van der Waals surface area contributed by atoms with Gasteiger partial charge >= 0.3 is 0 Å². The normalized spacial score (nSPS) is 13.7. The van der Waals surface area contributed by atoms with Gasteiger partial charge in [-0.2, -0.15) is 0 Å². The summed E-state index contributed by atoms with van der Waals surface area (Å²) in [5.74, 6) is -0.00258. The maximum Gasteiger partial charge on any atom is 0.261 e. The Morgan fingerprint density at radius 3 is 2.50 bits per heavy atom. The molecule has 6 heteroatoms. The van der Waals surface area contributed by atoms with Gasteiger partial charge in [0.15, 0.2) is 0 Å². The van der Waals surface area contributed by atoms with Gasteiger partial charge in [0.25, 0.3) is 10.0 Å². The third-order valence-electron chi connectivity index (χ3n) is 4.40. The van der Waals surface area contributed by atoms with Gasteiger partial charge in [-0.15, -0.1) is 0 Å². The van der Waals surface area contributed by atoms with E-state index in [4.69, 9.17) is 0 Å². The third-order valence-corrected chi connectivity index (χ3v) is 5.78. The molecule has 126 valence electrons. The number of benzene rings is 2. The minimum atomic E-state index is -3.63. The van der Waals surface area contributed by atoms with Gasteiger partial charge in [-0.3, -0.25) is 9.52 Å². The zero-order chi connectivity index (χ0) is 17.5. The van der Waals surface area contributed by atoms with E-state index < -0.39 is 10.0 Å². The van der Waals surface area contributed by atoms with E-state index in [1.54, 1.807) is 41.3 Å². The second-order valence-electron chi connectivity index (χ2n) is 6.12. The van der Waals surface area contributed by atoms with Crippen molar-refractivity contribution in [2.24, 2.45) is 0 Å². The summed E-state index contributed by atoms with van der Waals surface area (Å²) >= 11 is 0. The van der Waals surface area contributed by atoms with Crippen LogP contribution in [0, 0.1) is 13.8 Å². The summed E-state index contributed by atoms with van der Waals surface area (Å²) in [6.07, 6.45) is 0.730. The minimum absolute atomic E-state index is 0.00258. The Bertz CT molecular complexity index is 920. The van der Waals surface area contributed by atoms with E-state index in [2.05, 4.69) is 4.72 Å². The molecule has 0 aromatic heterocycles. The van der Waals surface area contributed by atoms with Crippen LogP contribution in [0.4, 0.5) is 11.4 Å². The first-order chi connectivity index (χ1) is 11.3. The highest BCUT2D eigenvalue weighted by Gasteiger charge is 2.23. The Morgan fingerprint density at radius 1 is 1.08 bits per heavy atom. The number of amides is 1. The van der Waals surface area contributed by atoms with Gasteiger partial charge in [-0.1, -0.05) is 6.07 Å². The molecule has 0 aliphatic carbocycles. The molecule has 2 aromatic carbocycles. The Kier molecular flexibility index (Phi) is 4.09. The second-order valence-corrected chi connectivity index (χ2v) is 7.80. The van der Waals surface area contributed by atoms with Gasteiger partial charge in [0.1, 0.15) is 0 Å². The highest BCUT2D eigenvalue weighted by molar-refractivity contribution is 7.92. The number of hydrogen-bond donors (Lipinski definition) is 1. The molecule has 1 aliphatic rings. The van der Waals surface area contributed by atoms with Crippen molar-refractivity contribution < 1.29 is 13.2 Å². The third kappa shape index (κ3) is 3.01. The number of fused-ring (bicyclic) bond motifs is 1. The van der Waals surface area contributed by atoms with Crippen molar-refractivity contribution in [2.45, 2.75) is 32.1 Å². The highest BCUT2D eigenvalue weighted by Crippen LogP contribution is 2.31. The summed E-state index contributed by atoms with van der Waals surface area (Å²) in [4.78, 5) is 13.5. The van der Waals surface area contributed by atoms with Crippen LogP contribution in [-0.4, -0.2) is 20.9 Å². The van der Waals surface area contributed by atoms with Crippen molar-refractivity contribution >= 4 is 27.3 Å². The molecule has 0 unspecified atom stereocenters. The number of anilines is 2. The number of carbonyl (C=O) groups excluding carboxylic acids is 1. The molecule has 5 nitrogen and oxygen atoms in total. The van der Waals surface area contributed by atoms with E-state index in [0.29, 0.717) is 12.2 Å². The molecule has 0 bridgehead atoms. The summed E-state index contributed by atoms with van der Waals surface area (Å²) in [5, 5.41) is 0. The molecule has 0 saturated carbocycles. The minimum Gasteiger partial charge on any atom is -0.312 e. The number of hydrogen-bond acceptors (Lipinski definition) is 3. The van der Waals surface area contributed by atoms with Crippen LogP contribution in [0.3, 0.4) is 0 Å². The standard InChI is InChI=1S/C18H20N2O3S/c1-12-4-6-17(10-13(12)2)24(22,23)19-16-5-7-18-15(11-16)8-9-20(18)14(3)21/h4-7,10-11,19H,8-9H2,1-3H3. The van der Waals surface area contributed by atoms with E-state index in [9.17, 15) is 13.2 Å². The number of aryl methyl sites for hydroxylation is 2. The molecule has 0 radical (unpaired) electrons. The molecule has 1 N–H and O–H groups in total. The van der Waals surface area contributed by atoms with Crippen LogP contribution < -0.4 is 9.62 Å². The lowest BCUT2D eigenvalue weighted by atomic mass is 10.1. The lowest BCUT2D eigenvalue weighted by molar-refractivity contribution is -0.116. The molecule has 0 saturated heterocycles. The van der Waals surface area contributed by atoms with Crippen molar-refractivity contribution in [3.05, 3.63) is 53.1 Å². The van der Waals surface area contributed by atoms with Gasteiger partial charge in [-0.25, -0.2) is 8.42 Å². The first kappa shape index (κ1) is 16.5. The highest BCUT2D eigenvalue weighted by atomic mass is 32.2. The predicted molar refractivity (Wildman–Crippen MR) is 94.9 cm³/mol. The Balaban J connectivity index is 1.88. The smallest absolute Gasteiger partial charge is 0.261 e. The van der Waals surface area contributed by atoms with Gasteiger partial charge < -0.3 is 4.90 Å². The summed E-state index contributed by atoms with van der Waals surface area (Å²) in [7, 11) is -3.63. The predicted octanol–water partition coefficient (Wildman–Crippen LogP) is 3.01. The average Bonchev–Trinajstić information content (AvgIpc) is 2.92. The summed E-state index contributed by atoms with van der Waals surface area (Å²) < 4.78 is 27.7.